The molecule has 0 aliphatic carbocycles. The van der Waals surface area contributed by atoms with E-state index in [2.05, 4.69) is 10.3 Å². The molecule has 6 nitrogen and oxygen atoms in total. The van der Waals surface area contributed by atoms with E-state index < -0.39 is 15.7 Å². The van der Waals surface area contributed by atoms with Gasteiger partial charge in [-0.15, -0.1) is 0 Å². The van der Waals surface area contributed by atoms with Gasteiger partial charge in [-0.3, -0.25) is 14.3 Å². The monoisotopic (exact) mass is 243 g/mol. The first-order chi connectivity index (χ1) is 7.49. The zero-order valence-corrected chi connectivity index (χ0v) is 9.86. The number of hydrogen-bond donors (Lipinski definition) is 1. The highest BCUT2D eigenvalue weighted by molar-refractivity contribution is 7.84. The van der Waals surface area contributed by atoms with Crippen molar-refractivity contribution in [2.24, 2.45) is 0 Å². The summed E-state index contributed by atoms with van der Waals surface area (Å²) >= 11 is 0. The lowest BCUT2D eigenvalue weighted by Gasteiger charge is -2.12. The fourth-order valence-corrected chi connectivity index (χ4v) is 2.01. The van der Waals surface area contributed by atoms with Crippen LogP contribution in [-0.2, 0) is 10.8 Å². The van der Waals surface area contributed by atoms with Crippen LogP contribution in [-0.4, -0.2) is 32.2 Å². The van der Waals surface area contributed by atoms with E-state index in [9.17, 15) is 14.3 Å². The molecular weight excluding hydrogens is 230 g/mol. The molecule has 0 bridgehead atoms. The van der Waals surface area contributed by atoms with E-state index in [1.165, 1.54) is 18.3 Å². The van der Waals surface area contributed by atoms with Crippen LogP contribution in [0.5, 0.6) is 0 Å². The van der Waals surface area contributed by atoms with Crippen molar-refractivity contribution in [3.63, 3.8) is 0 Å². The molecule has 2 unspecified atom stereocenters. The van der Waals surface area contributed by atoms with Crippen molar-refractivity contribution in [3.8, 4) is 0 Å². The molecule has 0 amide bonds. The first-order valence-electron chi connectivity index (χ1n) is 4.66. The Hall–Kier alpha value is -1.50. The fourth-order valence-electron chi connectivity index (χ4n) is 1.23. The summed E-state index contributed by atoms with van der Waals surface area (Å²) in [5, 5.41) is 13.4. The van der Waals surface area contributed by atoms with Crippen LogP contribution < -0.4 is 5.32 Å². The van der Waals surface area contributed by atoms with Crippen LogP contribution in [0.2, 0.25) is 0 Å². The van der Waals surface area contributed by atoms with Gasteiger partial charge in [0.05, 0.1) is 4.92 Å². The molecule has 0 spiro atoms. The fraction of sp³-hybridized carbons (Fsp3) is 0.444. The third kappa shape index (κ3) is 3.93. The summed E-state index contributed by atoms with van der Waals surface area (Å²) in [5.74, 6) is 1.06. The molecule has 0 aliphatic rings. The lowest BCUT2D eigenvalue weighted by molar-refractivity contribution is -0.385. The average Bonchev–Trinajstić information content (AvgIpc) is 2.16. The van der Waals surface area contributed by atoms with Crippen molar-refractivity contribution in [2.45, 2.75) is 13.0 Å². The van der Waals surface area contributed by atoms with Crippen molar-refractivity contribution < 1.29 is 9.13 Å². The highest BCUT2D eigenvalue weighted by atomic mass is 32.2. The number of nitro groups is 1. The van der Waals surface area contributed by atoms with Gasteiger partial charge < -0.3 is 5.32 Å². The van der Waals surface area contributed by atoms with Gasteiger partial charge in [0.1, 0.15) is 12.0 Å². The second-order valence-electron chi connectivity index (χ2n) is 3.44. The highest BCUT2D eigenvalue weighted by Gasteiger charge is 2.08. The molecule has 1 aromatic rings. The summed E-state index contributed by atoms with van der Waals surface area (Å²) < 4.78 is 10.9. The maximum absolute atomic E-state index is 10.9. The third-order valence-corrected chi connectivity index (χ3v) is 2.81. The molecule has 1 aromatic heterocycles. The summed E-state index contributed by atoms with van der Waals surface area (Å²) in [7, 11) is -0.880. The van der Waals surface area contributed by atoms with Crippen LogP contribution in [0.3, 0.4) is 0 Å². The second kappa shape index (κ2) is 5.55. The number of rotatable bonds is 5. The van der Waals surface area contributed by atoms with Crippen molar-refractivity contribution in [2.75, 3.05) is 17.3 Å². The quantitative estimate of drug-likeness (QED) is 0.619. The lowest BCUT2D eigenvalue weighted by Crippen LogP contribution is -2.22. The first kappa shape index (κ1) is 12.6. The Kier molecular flexibility index (Phi) is 4.36. The summed E-state index contributed by atoms with van der Waals surface area (Å²) in [6.45, 7) is 1.88. The van der Waals surface area contributed by atoms with Gasteiger partial charge in [-0.1, -0.05) is 0 Å². The van der Waals surface area contributed by atoms with Crippen molar-refractivity contribution in [1.29, 1.82) is 0 Å². The van der Waals surface area contributed by atoms with E-state index in [4.69, 9.17) is 0 Å². The zero-order chi connectivity index (χ0) is 12.1. The molecule has 0 aromatic carbocycles. The molecule has 1 N–H and O–H groups in total. The number of pyridine rings is 1. The van der Waals surface area contributed by atoms with E-state index in [1.54, 1.807) is 6.26 Å². The van der Waals surface area contributed by atoms with Gasteiger partial charge in [0.2, 0.25) is 0 Å². The number of nitrogens with zero attached hydrogens (tertiary/aromatic N) is 2. The average molecular weight is 243 g/mol. The minimum absolute atomic E-state index is 0.0137. The normalized spacial score (nSPS) is 14.1. The minimum Gasteiger partial charge on any atom is -0.367 e. The van der Waals surface area contributed by atoms with E-state index in [-0.39, 0.29) is 11.7 Å². The first-order valence-corrected chi connectivity index (χ1v) is 6.38. The molecule has 0 saturated heterocycles. The van der Waals surface area contributed by atoms with E-state index >= 15 is 0 Å². The topological polar surface area (TPSA) is 85.1 Å². The predicted octanol–water partition coefficient (Wildman–Crippen LogP) is 1.17. The van der Waals surface area contributed by atoms with Gasteiger partial charge >= 0.3 is 0 Å². The Bertz CT molecular complexity index is 393. The van der Waals surface area contributed by atoms with Crippen LogP contribution >= 0.6 is 0 Å². The molecule has 0 aliphatic heterocycles. The minimum atomic E-state index is -0.880. The van der Waals surface area contributed by atoms with Crippen LogP contribution in [0.25, 0.3) is 0 Å². The van der Waals surface area contributed by atoms with E-state index in [0.29, 0.717) is 11.6 Å². The highest BCUT2D eigenvalue weighted by Crippen LogP contribution is 2.12. The standard InChI is InChI=1S/C9H13N3O3S/c1-7(6-16(2)15)11-9-4-3-8(5-10-9)12(13)14/h3-5,7H,6H2,1-2H3,(H,10,11). The molecule has 0 saturated carbocycles. The molecule has 88 valence electrons. The Labute approximate surface area is 95.7 Å². The van der Waals surface area contributed by atoms with Gasteiger partial charge in [-0.05, 0) is 13.0 Å². The van der Waals surface area contributed by atoms with Crippen molar-refractivity contribution >= 4 is 22.3 Å². The maximum Gasteiger partial charge on any atom is 0.287 e. The Morgan fingerprint density at radius 2 is 2.31 bits per heavy atom. The molecular formula is C9H13N3O3S. The smallest absolute Gasteiger partial charge is 0.287 e. The van der Waals surface area contributed by atoms with Gasteiger partial charge in [-0.25, -0.2) is 4.98 Å². The van der Waals surface area contributed by atoms with Crippen molar-refractivity contribution in [1.82, 2.24) is 4.98 Å². The summed E-state index contributed by atoms with van der Waals surface area (Å²) in [6.07, 6.45) is 2.82. The molecule has 7 heteroatoms. The zero-order valence-electron chi connectivity index (χ0n) is 9.04. The Morgan fingerprint density at radius 1 is 1.62 bits per heavy atom. The maximum atomic E-state index is 10.9. The number of anilines is 1. The van der Waals surface area contributed by atoms with Crippen LogP contribution in [0, 0.1) is 10.1 Å². The van der Waals surface area contributed by atoms with Crippen LogP contribution in [0.15, 0.2) is 18.3 Å². The van der Waals surface area contributed by atoms with Gasteiger partial charge in [-0.2, -0.15) is 0 Å². The van der Waals surface area contributed by atoms with Crippen LogP contribution in [0.4, 0.5) is 11.5 Å². The van der Waals surface area contributed by atoms with Crippen LogP contribution in [0.1, 0.15) is 6.92 Å². The number of nitrogens with one attached hydrogen (secondary N) is 1. The molecule has 16 heavy (non-hydrogen) atoms. The predicted molar refractivity (Wildman–Crippen MR) is 62.9 cm³/mol. The van der Waals surface area contributed by atoms with Crippen molar-refractivity contribution in [3.05, 3.63) is 28.4 Å². The molecule has 2 atom stereocenters. The van der Waals surface area contributed by atoms with E-state index in [1.807, 2.05) is 6.92 Å². The van der Waals surface area contributed by atoms with Gasteiger partial charge in [0.15, 0.2) is 0 Å². The Balaban J connectivity index is 2.61. The third-order valence-electron chi connectivity index (χ3n) is 1.84. The Morgan fingerprint density at radius 3 is 2.75 bits per heavy atom. The lowest BCUT2D eigenvalue weighted by atomic mass is 10.3. The molecule has 0 fully saturated rings. The summed E-state index contributed by atoms with van der Waals surface area (Å²) in [5.41, 5.74) is -0.0442. The summed E-state index contributed by atoms with van der Waals surface area (Å²) in [6, 6.07) is 2.93. The summed E-state index contributed by atoms with van der Waals surface area (Å²) in [4.78, 5) is 13.8. The molecule has 1 rings (SSSR count). The van der Waals surface area contributed by atoms with Gasteiger partial charge in [0, 0.05) is 34.9 Å². The van der Waals surface area contributed by atoms with Gasteiger partial charge in [0.25, 0.3) is 5.69 Å². The van der Waals surface area contributed by atoms with E-state index in [0.717, 1.165) is 0 Å². The number of aromatic nitrogens is 1. The number of hydrogen-bond acceptors (Lipinski definition) is 5. The molecule has 0 radical (unpaired) electrons. The largest absolute Gasteiger partial charge is 0.367 e. The SMILES string of the molecule is CC(CS(C)=O)Nc1ccc([N+](=O)[O-])cn1. The second-order valence-corrected chi connectivity index (χ2v) is 4.92. The molecule has 1 heterocycles.